The van der Waals surface area contributed by atoms with Gasteiger partial charge in [0.05, 0.1) is 16.6 Å². The van der Waals surface area contributed by atoms with Crippen molar-refractivity contribution in [2.24, 2.45) is 5.41 Å². The molecule has 1 heterocycles. The van der Waals surface area contributed by atoms with Gasteiger partial charge in [0.2, 0.25) is 0 Å². The fraction of sp³-hybridized carbons (Fsp3) is 0.500. The van der Waals surface area contributed by atoms with Crippen LogP contribution in [0.15, 0.2) is 18.2 Å². The number of aromatic carboxylic acids is 1. The molecule has 0 saturated carbocycles. The van der Waals surface area contributed by atoms with Crippen LogP contribution in [0.5, 0.6) is 0 Å². The highest BCUT2D eigenvalue weighted by atomic mass is 16.4. The first-order chi connectivity index (χ1) is 9.84. The Morgan fingerprint density at radius 3 is 2.71 bits per heavy atom. The number of hydrogen-bond donors (Lipinski definition) is 2. The maximum atomic E-state index is 11.1. The van der Waals surface area contributed by atoms with Crippen LogP contribution < -0.4 is 0 Å². The summed E-state index contributed by atoms with van der Waals surface area (Å²) in [5.74, 6) is -0.0496. The van der Waals surface area contributed by atoms with E-state index in [9.17, 15) is 4.79 Å². The molecule has 21 heavy (non-hydrogen) atoms. The van der Waals surface area contributed by atoms with Gasteiger partial charge in [-0.25, -0.2) is 9.78 Å². The van der Waals surface area contributed by atoms with Crippen LogP contribution in [0.1, 0.15) is 42.9 Å². The van der Waals surface area contributed by atoms with E-state index in [1.807, 2.05) is 6.92 Å². The van der Waals surface area contributed by atoms with Crippen molar-refractivity contribution in [3.63, 3.8) is 0 Å². The molecule has 2 aromatic rings. The smallest absolute Gasteiger partial charge is 0.335 e. The van der Waals surface area contributed by atoms with Crippen molar-refractivity contribution in [1.82, 2.24) is 9.55 Å². The maximum absolute atomic E-state index is 11.1. The number of hydrogen-bond acceptors (Lipinski definition) is 3. The van der Waals surface area contributed by atoms with Gasteiger partial charge in [-0.3, -0.25) is 0 Å². The van der Waals surface area contributed by atoms with Gasteiger partial charge >= 0.3 is 5.97 Å². The molecule has 2 N–H and O–H groups in total. The van der Waals surface area contributed by atoms with Gasteiger partial charge in [-0.1, -0.05) is 13.8 Å². The molecule has 0 aliphatic carbocycles. The molecule has 0 aliphatic rings. The van der Waals surface area contributed by atoms with Crippen LogP contribution in [-0.4, -0.2) is 32.3 Å². The maximum Gasteiger partial charge on any atom is 0.335 e. The SMILES string of the molecule is Cc1nc2ccc(C(=O)O)cc2n1CC(C)(C)CCCO. The van der Waals surface area contributed by atoms with Crippen LogP contribution in [0.4, 0.5) is 0 Å². The first-order valence-electron chi connectivity index (χ1n) is 7.15. The Hall–Kier alpha value is -1.88. The molecular formula is C16H22N2O3. The highest BCUT2D eigenvalue weighted by Crippen LogP contribution is 2.28. The standard InChI is InChI=1S/C16H22N2O3/c1-11-17-13-6-5-12(15(20)21)9-14(13)18(11)10-16(2,3)7-4-8-19/h5-6,9,19H,4,7-8,10H2,1-3H3,(H,20,21). The number of benzene rings is 1. The normalized spacial score (nSPS) is 12.0. The van der Waals surface area contributed by atoms with Crippen molar-refractivity contribution in [2.75, 3.05) is 6.61 Å². The molecule has 0 saturated heterocycles. The highest BCUT2D eigenvalue weighted by Gasteiger charge is 2.21. The number of aromatic nitrogens is 2. The van der Waals surface area contributed by atoms with Gasteiger partial charge < -0.3 is 14.8 Å². The molecule has 0 amide bonds. The third-order valence-electron chi connectivity index (χ3n) is 3.78. The van der Waals surface area contributed by atoms with Crippen LogP contribution in [0.3, 0.4) is 0 Å². The summed E-state index contributed by atoms with van der Waals surface area (Å²) in [7, 11) is 0. The Balaban J connectivity index is 2.40. The quantitative estimate of drug-likeness (QED) is 0.857. The van der Waals surface area contributed by atoms with E-state index < -0.39 is 5.97 Å². The molecule has 0 spiro atoms. The predicted octanol–water partition coefficient (Wildman–Crippen LogP) is 2.84. The van der Waals surface area contributed by atoms with E-state index in [0.29, 0.717) is 0 Å². The molecule has 0 unspecified atom stereocenters. The molecular weight excluding hydrogens is 268 g/mol. The molecule has 1 aromatic heterocycles. The van der Waals surface area contributed by atoms with Crippen molar-refractivity contribution in [2.45, 2.75) is 40.2 Å². The summed E-state index contributed by atoms with van der Waals surface area (Å²) in [6, 6.07) is 5.02. The largest absolute Gasteiger partial charge is 0.478 e. The summed E-state index contributed by atoms with van der Waals surface area (Å²) >= 11 is 0. The summed E-state index contributed by atoms with van der Waals surface area (Å²) in [6.07, 6.45) is 1.67. The van der Waals surface area contributed by atoms with E-state index in [1.165, 1.54) is 0 Å². The van der Waals surface area contributed by atoms with Gasteiger partial charge in [-0.2, -0.15) is 0 Å². The minimum absolute atomic E-state index is 0.0142. The summed E-state index contributed by atoms with van der Waals surface area (Å²) in [6.45, 7) is 7.17. The molecule has 0 bridgehead atoms. The fourth-order valence-corrected chi connectivity index (χ4v) is 2.64. The lowest BCUT2D eigenvalue weighted by atomic mass is 9.87. The molecule has 0 atom stereocenters. The van der Waals surface area contributed by atoms with E-state index >= 15 is 0 Å². The zero-order chi connectivity index (χ0) is 15.6. The van der Waals surface area contributed by atoms with Gasteiger partial charge in [0.15, 0.2) is 0 Å². The molecule has 2 rings (SSSR count). The second-order valence-electron chi connectivity index (χ2n) is 6.25. The Morgan fingerprint density at radius 1 is 1.38 bits per heavy atom. The molecule has 0 aliphatic heterocycles. The third kappa shape index (κ3) is 3.42. The number of aryl methyl sites for hydroxylation is 1. The first-order valence-corrected chi connectivity index (χ1v) is 7.15. The van der Waals surface area contributed by atoms with Crippen LogP contribution in [0.25, 0.3) is 11.0 Å². The van der Waals surface area contributed by atoms with Crippen molar-refractivity contribution < 1.29 is 15.0 Å². The number of carboxylic acid groups (broad SMARTS) is 1. The Labute approximate surface area is 124 Å². The van der Waals surface area contributed by atoms with E-state index in [4.69, 9.17) is 10.2 Å². The molecule has 114 valence electrons. The van der Waals surface area contributed by atoms with Crippen molar-refractivity contribution in [3.05, 3.63) is 29.6 Å². The molecule has 0 fully saturated rings. The topological polar surface area (TPSA) is 75.3 Å². The number of carbonyl (C=O) groups is 1. The fourth-order valence-electron chi connectivity index (χ4n) is 2.64. The Kier molecular flexibility index (Phi) is 4.32. The van der Waals surface area contributed by atoms with Crippen molar-refractivity contribution in [1.29, 1.82) is 0 Å². The lowest BCUT2D eigenvalue weighted by Crippen LogP contribution is -2.21. The summed E-state index contributed by atoms with van der Waals surface area (Å²) < 4.78 is 2.07. The number of aliphatic hydroxyl groups excluding tert-OH is 1. The minimum Gasteiger partial charge on any atom is -0.478 e. The minimum atomic E-state index is -0.929. The lowest BCUT2D eigenvalue weighted by Gasteiger charge is -2.26. The van der Waals surface area contributed by atoms with Crippen LogP contribution >= 0.6 is 0 Å². The summed E-state index contributed by atoms with van der Waals surface area (Å²) in [4.78, 5) is 15.6. The number of rotatable bonds is 6. The zero-order valence-electron chi connectivity index (χ0n) is 12.8. The van der Waals surface area contributed by atoms with Gasteiger partial charge in [0.25, 0.3) is 0 Å². The lowest BCUT2D eigenvalue weighted by molar-refractivity contribution is 0.0697. The Morgan fingerprint density at radius 2 is 2.10 bits per heavy atom. The number of aliphatic hydroxyl groups is 1. The van der Waals surface area contributed by atoms with Crippen LogP contribution in [-0.2, 0) is 6.54 Å². The second kappa shape index (κ2) is 5.85. The average Bonchev–Trinajstić information content (AvgIpc) is 2.72. The van der Waals surface area contributed by atoms with Crippen molar-refractivity contribution in [3.8, 4) is 0 Å². The van der Waals surface area contributed by atoms with Gasteiger partial charge in [0, 0.05) is 13.2 Å². The Bertz CT molecular complexity index is 659. The molecule has 0 radical (unpaired) electrons. The monoisotopic (exact) mass is 290 g/mol. The van der Waals surface area contributed by atoms with Gasteiger partial charge in [-0.05, 0) is 43.4 Å². The average molecular weight is 290 g/mol. The summed E-state index contributed by atoms with van der Waals surface area (Å²) in [5, 5.41) is 18.1. The predicted molar refractivity (Wildman–Crippen MR) is 81.5 cm³/mol. The third-order valence-corrected chi connectivity index (χ3v) is 3.78. The second-order valence-corrected chi connectivity index (χ2v) is 6.25. The van der Waals surface area contributed by atoms with Crippen LogP contribution in [0.2, 0.25) is 0 Å². The first kappa shape index (κ1) is 15.5. The van der Waals surface area contributed by atoms with Crippen LogP contribution in [0, 0.1) is 12.3 Å². The molecule has 1 aromatic carbocycles. The highest BCUT2D eigenvalue weighted by molar-refractivity contribution is 5.92. The molecule has 5 heteroatoms. The number of fused-ring (bicyclic) bond motifs is 1. The number of carboxylic acids is 1. The van der Waals surface area contributed by atoms with Gasteiger partial charge in [-0.15, -0.1) is 0 Å². The summed E-state index contributed by atoms with van der Waals surface area (Å²) in [5.41, 5.74) is 1.96. The van der Waals surface area contributed by atoms with E-state index in [1.54, 1.807) is 18.2 Å². The molecule has 5 nitrogen and oxygen atoms in total. The van der Waals surface area contributed by atoms with Gasteiger partial charge in [0.1, 0.15) is 5.82 Å². The number of imidazole rings is 1. The van der Waals surface area contributed by atoms with E-state index in [0.717, 1.165) is 36.2 Å². The zero-order valence-corrected chi connectivity index (χ0v) is 12.8. The van der Waals surface area contributed by atoms with Crippen molar-refractivity contribution >= 4 is 17.0 Å². The van der Waals surface area contributed by atoms with E-state index in [-0.39, 0.29) is 17.6 Å². The van der Waals surface area contributed by atoms with E-state index in [2.05, 4.69) is 23.4 Å². The number of nitrogens with zero attached hydrogens (tertiary/aromatic N) is 2.